The summed E-state index contributed by atoms with van der Waals surface area (Å²) in [6, 6.07) is 10.5. The lowest BCUT2D eigenvalue weighted by molar-refractivity contribution is 0.102. The number of halogens is 1. The van der Waals surface area contributed by atoms with Crippen molar-refractivity contribution in [2.24, 2.45) is 0 Å². The number of carbonyl (C=O) groups is 1. The lowest BCUT2D eigenvalue weighted by atomic mass is 10.2. The molecule has 2 aromatic carbocycles. The third kappa shape index (κ3) is 4.77. The summed E-state index contributed by atoms with van der Waals surface area (Å²) in [6.45, 7) is 3.45. The summed E-state index contributed by atoms with van der Waals surface area (Å²) in [5, 5.41) is 10.6. The van der Waals surface area contributed by atoms with Gasteiger partial charge in [-0.2, -0.15) is 0 Å². The number of anilines is 1. The molecule has 2 N–H and O–H groups in total. The van der Waals surface area contributed by atoms with Crippen molar-refractivity contribution in [2.45, 2.75) is 25.3 Å². The summed E-state index contributed by atoms with van der Waals surface area (Å²) in [6.07, 6.45) is 0. The van der Waals surface area contributed by atoms with Crippen molar-refractivity contribution in [3.05, 3.63) is 69.4 Å². The highest BCUT2D eigenvalue weighted by atomic mass is 32.2. The van der Waals surface area contributed by atoms with Crippen LogP contribution in [0.4, 0.5) is 10.1 Å². The number of benzene rings is 2. The second-order valence-corrected chi connectivity index (χ2v) is 8.85. The quantitative estimate of drug-likeness (QED) is 0.638. The van der Waals surface area contributed by atoms with E-state index in [4.69, 9.17) is 0 Å². The highest BCUT2D eigenvalue weighted by Crippen LogP contribution is 2.18. The van der Waals surface area contributed by atoms with Gasteiger partial charge in [-0.15, -0.1) is 10.2 Å². The van der Waals surface area contributed by atoms with E-state index in [2.05, 4.69) is 20.2 Å². The monoisotopic (exact) mass is 420 g/mol. The fourth-order valence-corrected chi connectivity index (χ4v) is 4.45. The molecular weight excluding hydrogens is 403 g/mol. The van der Waals surface area contributed by atoms with Gasteiger partial charge >= 0.3 is 0 Å². The Bertz CT molecular complexity index is 1110. The first kappa shape index (κ1) is 20.1. The van der Waals surface area contributed by atoms with Gasteiger partial charge in [0.2, 0.25) is 15.0 Å². The maximum Gasteiger partial charge on any atom is 0.286 e. The molecule has 0 fully saturated rings. The van der Waals surface area contributed by atoms with Crippen LogP contribution in [0.2, 0.25) is 0 Å². The first-order valence-corrected chi connectivity index (χ1v) is 10.5. The number of hydrogen-bond donors (Lipinski definition) is 2. The van der Waals surface area contributed by atoms with Crippen molar-refractivity contribution in [3.63, 3.8) is 0 Å². The van der Waals surface area contributed by atoms with E-state index in [0.717, 1.165) is 16.9 Å². The van der Waals surface area contributed by atoms with Crippen molar-refractivity contribution in [2.75, 3.05) is 5.32 Å². The van der Waals surface area contributed by atoms with Gasteiger partial charge in [0.1, 0.15) is 10.8 Å². The molecule has 0 saturated heterocycles. The smallest absolute Gasteiger partial charge is 0.286 e. The van der Waals surface area contributed by atoms with Gasteiger partial charge in [-0.1, -0.05) is 23.5 Å². The van der Waals surface area contributed by atoms with Gasteiger partial charge in [-0.25, -0.2) is 17.5 Å². The molecule has 7 nitrogen and oxygen atoms in total. The predicted octanol–water partition coefficient (Wildman–Crippen LogP) is 3.02. The summed E-state index contributed by atoms with van der Waals surface area (Å²) >= 11 is 0.971. The predicted molar refractivity (Wildman–Crippen MR) is 104 cm³/mol. The van der Waals surface area contributed by atoms with Crippen molar-refractivity contribution < 1.29 is 17.6 Å². The number of aryl methyl sites for hydroxylation is 2. The van der Waals surface area contributed by atoms with Gasteiger partial charge in [-0.05, 0) is 55.3 Å². The van der Waals surface area contributed by atoms with E-state index in [1.165, 1.54) is 24.3 Å². The fourth-order valence-electron chi connectivity index (χ4n) is 2.37. The molecule has 146 valence electrons. The third-order valence-electron chi connectivity index (χ3n) is 3.81. The summed E-state index contributed by atoms with van der Waals surface area (Å²) in [5.41, 5.74) is 1.88. The second kappa shape index (κ2) is 8.13. The summed E-state index contributed by atoms with van der Waals surface area (Å²) in [5.74, 6) is -0.917. The molecule has 1 aromatic heterocycles. The zero-order valence-corrected chi connectivity index (χ0v) is 16.7. The van der Waals surface area contributed by atoms with Crippen LogP contribution < -0.4 is 10.0 Å². The molecule has 0 saturated carbocycles. The molecule has 0 unspecified atom stereocenters. The van der Waals surface area contributed by atoms with Crippen LogP contribution in [0.25, 0.3) is 0 Å². The largest absolute Gasteiger partial charge is 0.320 e. The number of nitrogens with zero attached hydrogens (tertiary/aromatic N) is 2. The molecule has 0 bridgehead atoms. The van der Waals surface area contributed by atoms with E-state index in [1.807, 2.05) is 13.0 Å². The minimum absolute atomic E-state index is 0.0743. The van der Waals surface area contributed by atoms with E-state index < -0.39 is 21.7 Å². The maximum atomic E-state index is 12.9. The molecule has 0 radical (unpaired) electrons. The second-order valence-electron chi connectivity index (χ2n) is 6.06. The van der Waals surface area contributed by atoms with Crippen LogP contribution in [-0.2, 0) is 16.6 Å². The molecule has 0 atom stereocenters. The Balaban J connectivity index is 1.66. The Labute approximate surface area is 165 Å². The fraction of sp³-hybridized carbons (Fsp3) is 0.167. The Morgan fingerprint density at radius 3 is 2.54 bits per heavy atom. The SMILES string of the molecule is Cc1ccc(C)c(S(=O)(=O)NCc2nnc(C(=O)Nc3ccc(F)cc3)s2)c1. The van der Waals surface area contributed by atoms with E-state index in [1.54, 1.807) is 19.1 Å². The molecule has 3 rings (SSSR count). The van der Waals surface area contributed by atoms with E-state index in [-0.39, 0.29) is 16.4 Å². The number of aromatic nitrogens is 2. The number of rotatable bonds is 6. The van der Waals surface area contributed by atoms with Crippen LogP contribution in [0.3, 0.4) is 0 Å². The topological polar surface area (TPSA) is 101 Å². The molecule has 10 heteroatoms. The maximum absolute atomic E-state index is 12.9. The average molecular weight is 420 g/mol. The summed E-state index contributed by atoms with van der Waals surface area (Å²) in [4.78, 5) is 12.4. The Kier molecular flexibility index (Phi) is 5.82. The van der Waals surface area contributed by atoms with Gasteiger partial charge in [0.25, 0.3) is 5.91 Å². The number of carbonyl (C=O) groups excluding carboxylic acids is 1. The zero-order chi connectivity index (χ0) is 20.3. The Hall–Kier alpha value is -2.69. The number of nitrogens with one attached hydrogen (secondary N) is 2. The van der Waals surface area contributed by atoms with Gasteiger partial charge in [-0.3, -0.25) is 4.79 Å². The van der Waals surface area contributed by atoms with Crippen LogP contribution >= 0.6 is 11.3 Å². The Morgan fingerprint density at radius 2 is 1.82 bits per heavy atom. The lowest BCUT2D eigenvalue weighted by Crippen LogP contribution is -2.24. The van der Waals surface area contributed by atoms with Crippen molar-refractivity contribution in [1.82, 2.24) is 14.9 Å². The number of hydrogen-bond acceptors (Lipinski definition) is 6. The van der Waals surface area contributed by atoms with Crippen molar-refractivity contribution in [1.29, 1.82) is 0 Å². The van der Waals surface area contributed by atoms with Gasteiger partial charge in [0, 0.05) is 5.69 Å². The van der Waals surface area contributed by atoms with E-state index in [9.17, 15) is 17.6 Å². The molecule has 0 spiro atoms. The molecular formula is C18H17FN4O3S2. The van der Waals surface area contributed by atoms with Gasteiger partial charge in [0.05, 0.1) is 11.4 Å². The van der Waals surface area contributed by atoms with Crippen LogP contribution in [0.5, 0.6) is 0 Å². The molecule has 1 amide bonds. The number of sulfonamides is 1. The highest BCUT2D eigenvalue weighted by molar-refractivity contribution is 7.89. The van der Waals surface area contributed by atoms with Gasteiger partial charge in [0.15, 0.2) is 0 Å². The molecule has 3 aromatic rings. The van der Waals surface area contributed by atoms with E-state index in [0.29, 0.717) is 16.3 Å². The van der Waals surface area contributed by atoms with Crippen LogP contribution in [-0.4, -0.2) is 24.5 Å². The summed E-state index contributed by atoms with van der Waals surface area (Å²) < 4.78 is 40.4. The number of amides is 1. The lowest BCUT2D eigenvalue weighted by Gasteiger charge is -2.09. The molecule has 28 heavy (non-hydrogen) atoms. The van der Waals surface area contributed by atoms with Crippen LogP contribution in [0.1, 0.15) is 25.9 Å². The Morgan fingerprint density at radius 1 is 1.11 bits per heavy atom. The average Bonchev–Trinajstić information content (AvgIpc) is 3.13. The molecule has 0 aliphatic rings. The van der Waals surface area contributed by atoms with Crippen LogP contribution in [0, 0.1) is 19.7 Å². The minimum Gasteiger partial charge on any atom is -0.320 e. The molecule has 1 heterocycles. The normalized spacial score (nSPS) is 11.4. The highest BCUT2D eigenvalue weighted by Gasteiger charge is 2.19. The first-order chi connectivity index (χ1) is 13.2. The van der Waals surface area contributed by atoms with Gasteiger partial charge < -0.3 is 5.32 Å². The van der Waals surface area contributed by atoms with Crippen LogP contribution in [0.15, 0.2) is 47.4 Å². The molecule has 0 aliphatic heterocycles. The minimum atomic E-state index is -3.72. The standard InChI is InChI=1S/C18H17FN4O3S2/c1-11-3-4-12(2)15(9-11)28(25,26)20-10-16-22-23-18(27-16)17(24)21-14-7-5-13(19)6-8-14/h3-9,20H,10H2,1-2H3,(H,21,24). The zero-order valence-electron chi connectivity index (χ0n) is 15.1. The summed E-state index contributed by atoms with van der Waals surface area (Å²) in [7, 11) is -3.72. The van der Waals surface area contributed by atoms with E-state index >= 15 is 0 Å². The first-order valence-electron chi connectivity index (χ1n) is 8.21. The van der Waals surface area contributed by atoms with Crippen molar-refractivity contribution >= 4 is 33.0 Å². The van der Waals surface area contributed by atoms with Crippen molar-refractivity contribution in [3.8, 4) is 0 Å². The third-order valence-corrected chi connectivity index (χ3v) is 6.27. The molecule has 0 aliphatic carbocycles.